The zero-order valence-corrected chi connectivity index (χ0v) is 12.8. The molecule has 1 amide bonds. The normalized spacial score (nSPS) is 12.2. The van der Waals surface area contributed by atoms with Crippen molar-refractivity contribution in [3.8, 4) is 5.75 Å². The van der Waals surface area contributed by atoms with Crippen molar-refractivity contribution in [1.29, 1.82) is 0 Å². The van der Waals surface area contributed by atoms with Crippen molar-refractivity contribution in [2.75, 3.05) is 5.32 Å². The first-order valence-corrected chi connectivity index (χ1v) is 7.05. The van der Waals surface area contributed by atoms with Crippen LogP contribution in [0.2, 0.25) is 0 Å². The lowest BCUT2D eigenvalue weighted by atomic mass is 10.2. The van der Waals surface area contributed by atoms with Crippen LogP contribution in [0.5, 0.6) is 5.75 Å². The predicted molar refractivity (Wildman–Crippen MR) is 82.5 cm³/mol. The third-order valence-corrected chi connectivity index (χ3v) is 3.11. The molecule has 2 aromatic rings. The van der Waals surface area contributed by atoms with E-state index in [4.69, 9.17) is 4.74 Å². The van der Waals surface area contributed by atoms with Gasteiger partial charge in [-0.3, -0.25) is 4.79 Å². The summed E-state index contributed by atoms with van der Waals surface area (Å²) in [6.07, 6.45) is 1.09. The summed E-state index contributed by atoms with van der Waals surface area (Å²) in [5.41, 5.74) is 1.15. The minimum absolute atomic E-state index is 0.184. The molecule has 0 unspecified atom stereocenters. The molecule has 21 heavy (non-hydrogen) atoms. The van der Waals surface area contributed by atoms with Gasteiger partial charge in [0.25, 0.3) is 5.91 Å². The highest BCUT2D eigenvalue weighted by atomic mass is 16.5. The fourth-order valence-corrected chi connectivity index (χ4v) is 1.93. The van der Waals surface area contributed by atoms with Gasteiger partial charge in [0.15, 0.2) is 6.10 Å². The molecule has 0 aliphatic rings. The lowest BCUT2D eigenvalue weighted by molar-refractivity contribution is -0.122. The Balaban J connectivity index is 1.99. The van der Waals surface area contributed by atoms with Crippen LogP contribution in [-0.2, 0) is 4.79 Å². The number of rotatable bonds is 5. The van der Waals surface area contributed by atoms with Gasteiger partial charge in [0.1, 0.15) is 11.6 Å². The number of ether oxygens (including phenoxy) is 1. The molecular weight excluding hydrogens is 266 g/mol. The first kappa shape index (κ1) is 15.1. The number of aromatic nitrogens is 2. The van der Waals surface area contributed by atoms with Crippen LogP contribution in [0.3, 0.4) is 0 Å². The third kappa shape index (κ3) is 3.84. The van der Waals surface area contributed by atoms with E-state index in [-0.39, 0.29) is 11.9 Å². The maximum atomic E-state index is 12.2. The minimum Gasteiger partial charge on any atom is -0.481 e. The number of amides is 1. The Hall–Kier alpha value is -2.30. The second-order valence-corrected chi connectivity index (χ2v) is 5.32. The Bertz CT molecular complexity index is 602. The predicted octanol–water partition coefficient (Wildman–Crippen LogP) is 3.18. The molecule has 0 bridgehead atoms. The van der Waals surface area contributed by atoms with Gasteiger partial charge < -0.3 is 10.1 Å². The van der Waals surface area contributed by atoms with Gasteiger partial charge in [0, 0.05) is 12.1 Å². The van der Waals surface area contributed by atoms with Crippen LogP contribution >= 0.6 is 0 Å². The molecule has 5 nitrogen and oxygen atoms in total. The highest BCUT2D eigenvalue weighted by molar-refractivity contribution is 5.93. The molecule has 0 spiro atoms. The summed E-state index contributed by atoms with van der Waals surface area (Å²) in [6, 6.07) is 9.58. The van der Waals surface area contributed by atoms with E-state index in [1.807, 2.05) is 45.0 Å². The van der Waals surface area contributed by atoms with Gasteiger partial charge in [0.2, 0.25) is 0 Å². The Morgan fingerprint density at radius 3 is 2.48 bits per heavy atom. The van der Waals surface area contributed by atoms with Crippen molar-refractivity contribution in [1.82, 2.24) is 9.78 Å². The molecule has 1 atom stereocenters. The number of nitrogens with zero attached hydrogens (tertiary/aromatic N) is 2. The largest absolute Gasteiger partial charge is 0.481 e. The molecular formula is C16H21N3O2. The van der Waals surface area contributed by atoms with Crippen LogP contribution in [0, 0.1) is 6.92 Å². The van der Waals surface area contributed by atoms with E-state index in [1.54, 1.807) is 23.9 Å². The Labute approximate surface area is 124 Å². The number of aryl methyl sites for hydroxylation is 1. The van der Waals surface area contributed by atoms with E-state index in [9.17, 15) is 4.79 Å². The number of benzene rings is 1. The Morgan fingerprint density at radius 2 is 1.86 bits per heavy atom. The molecule has 1 aromatic carbocycles. The van der Waals surface area contributed by atoms with Crippen LogP contribution in [0.25, 0.3) is 0 Å². The molecule has 112 valence electrons. The molecule has 0 aliphatic heterocycles. The van der Waals surface area contributed by atoms with Gasteiger partial charge in [-0.2, -0.15) is 5.10 Å². The molecule has 1 N–H and O–H groups in total. The lowest BCUT2D eigenvalue weighted by Gasteiger charge is -2.16. The second-order valence-electron chi connectivity index (χ2n) is 5.32. The summed E-state index contributed by atoms with van der Waals surface area (Å²) in [4.78, 5) is 12.2. The van der Waals surface area contributed by atoms with E-state index in [2.05, 4.69) is 10.4 Å². The zero-order chi connectivity index (χ0) is 15.4. The van der Waals surface area contributed by atoms with Crippen LogP contribution in [0.15, 0.2) is 36.5 Å². The van der Waals surface area contributed by atoms with Crippen LogP contribution in [-0.4, -0.2) is 21.8 Å². The van der Waals surface area contributed by atoms with Gasteiger partial charge in [-0.25, -0.2) is 4.68 Å². The number of hydrogen-bond donors (Lipinski definition) is 1. The molecule has 0 fully saturated rings. The standard InChI is InChI=1S/C16H21N3O2/c1-11(2)19-15(9-10-17-19)18-16(20)13(4)21-14-7-5-12(3)6-8-14/h5-11,13H,1-4H3,(H,18,20)/t13-/m0/s1. The molecule has 0 saturated heterocycles. The summed E-state index contributed by atoms with van der Waals surface area (Å²) in [5, 5.41) is 7.02. The van der Waals surface area contributed by atoms with Crippen LogP contribution < -0.4 is 10.1 Å². The van der Waals surface area contributed by atoms with Crippen LogP contribution in [0.1, 0.15) is 32.4 Å². The minimum atomic E-state index is -0.580. The summed E-state index contributed by atoms with van der Waals surface area (Å²) in [6.45, 7) is 7.75. The first-order valence-electron chi connectivity index (χ1n) is 7.05. The first-order chi connectivity index (χ1) is 9.97. The van der Waals surface area contributed by atoms with Gasteiger partial charge in [0.05, 0.1) is 6.20 Å². The summed E-state index contributed by atoms with van der Waals surface area (Å²) in [5.74, 6) is 1.16. The Kier molecular flexibility index (Phi) is 4.62. The fraction of sp³-hybridized carbons (Fsp3) is 0.375. The van der Waals surface area contributed by atoms with Crippen LogP contribution in [0.4, 0.5) is 5.82 Å². The van der Waals surface area contributed by atoms with Gasteiger partial charge in [-0.1, -0.05) is 17.7 Å². The SMILES string of the molecule is Cc1ccc(O[C@@H](C)C(=O)Nc2ccnn2C(C)C)cc1. The van der Waals surface area contributed by atoms with Crippen molar-refractivity contribution >= 4 is 11.7 Å². The van der Waals surface area contributed by atoms with Gasteiger partial charge in [-0.05, 0) is 39.8 Å². The summed E-state index contributed by atoms with van der Waals surface area (Å²) in [7, 11) is 0. The molecule has 2 rings (SSSR count). The summed E-state index contributed by atoms with van der Waals surface area (Å²) < 4.78 is 7.40. The van der Waals surface area contributed by atoms with Crippen molar-refractivity contribution in [3.05, 3.63) is 42.1 Å². The van der Waals surface area contributed by atoms with Gasteiger partial charge >= 0.3 is 0 Å². The van der Waals surface area contributed by atoms with Crippen molar-refractivity contribution < 1.29 is 9.53 Å². The third-order valence-electron chi connectivity index (χ3n) is 3.11. The number of nitrogens with one attached hydrogen (secondary N) is 1. The Morgan fingerprint density at radius 1 is 1.19 bits per heavy atom. The maximum Gasteiger partial charge on any atom is 0.266 e. The monoisotopic (exact) mass is 287 g/mol. The molecule has 5 heteroatoms. The lowest BCUT2D eigenvalue weighted by Crippen LogP contribution is -2.31. The number of carbonyl (C=O) groups is 1. The quantitative estimate of drug-likeness (QED) is 0.919. The molecule has 0 saturated carbocycles. The topological polar surface area (TPSA) is 56.1 Å². The molecule has 1 heterocycles. The zero-order valence-electron chi connectivity index (χ0n) is 12.8. The van der Waals surface area contributed by atoms with E-state index < -0.39 is 6.10 Å². The number of hydrogen-bond acceptors (Lipinski definition) is 3. The average Bonchev–Trinajstić information content (AvgIpc) is 2.89. The van der Waals surface area contributed by atoms with Crippen molar-refractivity contribution in [2.45, 2.75) is 39.8 Å². The molecule has 0 radical (unpaired) electrons. The highest BCUT2D eigenvalue weighted by Crippen LogP contribution is 2.16. The van der Waals surface area contributed by atoms with Crippen molar-refractivity contribution in [3.63, 3.8) is 0 Å². The van der Waals surface area contributed by atoms with Crippen molar-refractivity contribution in [2.24, 2.45) is 0 Å². The second kappa shape index (κ2) is 6.43. The number of carbonyl (C=O) groups excluding carboxylic acids is 1. The highest BCUT2D eigenvalue weighted by Gasteiger charge is 2.17. The van der Waals surface area contributed by atoms with E-state index in [0.717, 1.165) is 5.56 Å². The van der Waals surface area contributed by atoms with E-state index in [0.29, 0.717) is 11.6 Å². The molecule has 0 aliphatic carbocycles. The van der Waals surface area contributed by atoms with Gasteiger partial charge in [-0.15, -0.1) is 0 Å². The molecule has 1 aromatic heterocycles. The average molecular weight is 287 g/mol. The maximum absolute atomic E-state index is 12.2. The smallest absolute Gasteiger partial charge is 0.266 e. The summed E-state index contributed by atoms with van der Waals surface area (Å²) >= 11 is 0. The number of anilines is 1. The fourth-order valence-electron chi connectivity index (χ4n) is 1.93. The van der Waals surface area contributed by atoms with E-state index >= 15 is 0 Å². The van der Waals surface area contributed by atoms with E-state index in [1.165, 1.54) is 0 Å².